The summed E-state index contributed by atoms with van der Waals surface area (Å²) in [5.74, 6) is 0. The molecule has 5 nitrogen and oxygen atoms in total. The average molecular weight is 367 g/mol. The first-order chi connectivity index (χ1) is 9.99. The third-order valence-corrected chi connectivity index (χ3v) is 3.52. The van der Waals surface area contributed by atoms with E-state index in [4.69, 9.17) is 16.9 Å². The molecule has 106 valence electrons. The molecule has 0 radical (unpaired) electrons. The highest BCUT2D eigenvalue weighted by Gasteiger charge is 2.09. The SMILES string of the molecule is N#Cc1ccc(Cl)c(NCc2cc(Br)cc([N+](=O)[O-])c2)c1. The van der Waals surface area contributed by atoms with E-state index >= 15 is 0 Å². The Hall–Kier alpha value is -2.10. The summed E-state index contributed by atoms with van der Waals surface area (Å²) in [6.07, 6.45) is 0. The van der Waals surface area contributed by atoms with E-state index < -0.39 is 4.92 Å². The number of nitro groups is 1. The summed E-state index contributed by atoms with van der Waals surface area (Å²) in [5, 5.41) is 23.2. The zero-order valence-corrected chi connectivity index (χ0v) is 13.0. The molecule has 0 spiro atoms. The first-order valence-electron chi connectivity index (χ1n) is 5.87. The molecule has 0 saturated heterocycles. The van der Waals surface area contributed by atoms with Crippen molar-refractivity contribution >= 4 is 38.9 Å². The minimum Gasteiger partial charge on any atom is -0.380 e. The molecule has 0 atom stereocenters. The van der Waals surface area contributed by atoms with E-state index in [0.717, 1.165) is 5.56 Å². The predicted molar refractivity (Wildman–Crippen MR) is 84.3 cm³/mol. The van der Waals surface area contributed by atoms with Crippen LogP contribution in [0.4, 0.5) is 11.4 Å². The zero-order chi connectivity index (χ0) is 15.4. The molecule has 7 heteroatoms. The Balaban J connectivity index is 2.20. The fourth-order valence-electron chi connectivity index (χ4n) is 1.77. The molecular formula is C14H9BrClN3O2. The van der Waals surface area contributed by atoms with Crippen molar-refractivity contribution in [3.63, 3.8) is 0 Å². The lowest BCUT2D eigenvalue weighted by atomic mass is 10.2. The van der Waals surface area contributed by atoms with Crippen LogP contribution in [-0.2, 0) is 6.54 Å². The number of rotatable bonds is 4. The highest BCUT2D eigenvalue weighted by molar-refractivity contribution is 9.10. The van der Waals surface area contributed by atoms with Gasteiger partial charge in [0.15, 0.2) is 0 Å². The second-order valence-electron chi connectivity index (χ2n) is 4.23. The second-order valence-corrected chi connectivity index (χ2v) is 5.56. The van der Waals surface area contributed by atoms with Crippen LogP contribution in [0.1, 0.15) is 11.1 Å². The second kappa shape index (κ2) is 6.57. The zero-order valence-electron chi connectivity index (χ0n) is 10.6. The van der Waals surface area contributed by atoms with Crippen LogP contribution >= 0.6 is 27.5 Å². The number of non-ortho nitro benzene ring substituents is 1. The number of nitrogens with one attached hydrogen (secondary N) is 1. The molecule has 0 aromatic heterocycles. The van der Waals surface area contributed by atoms with E-state index in [9.17, 15) is 10.1 Å². The Morgan fingerprint density at radius 3 is 2.76 bits per heavy atom. The Labute approximate surface area is 134 Å². The van der Waals surface area contributed by atoms with Gasteiger partial charge in [0.25, 0.3) is 5.69 Å². The summed E-state index contributed by atoms with van der Waals surface area (Å²) in [7, 11) is 0. The van der Waals surface area contributed by atoms with Gasteiger partial charge in [0.05, 0.1) is 27.3 Å². The molecule has 0 aliphatic carbocycles. The van der Waals surface area contributed by atoms with Crippen molar-refractivity contribution in [3.05, 3.63) is 67.1 Å². The summed E-state index contributed by atoms with van der Waals surface area (Å²) >= 11 is 9.29. The van der Waals surface area contributed by atoms with Crippen LogP contribution in [0.5, 0.6) is 0 Å². The number of nitriles is 1. The predicted octanol–water partition coefficient (Wildman–Crippen LogP) is 4.49. The van der Waals surface area contributed by atoms with Crippen LogP contribution in [0, 0.1) is 21.4 Å². The molecular weight excluding hydrogens is 358 g/mol. The molecule has 0 amide bonds. The van der Waals surface area contributed by atoms with Gasteiger partial charge in [0.2, 0.25) is 0 Å². The Kier molecular flexibility index (Phi) is 4.78. The van der Waals surface area contributed by atoms with Gasteiger partial charge in [0, 0.05) is 23.2 Å². The molecule has 2 aromatic carbocycles. The van der Waals surface area contributed by atoms with E-state index in [-0.39, 0.29) is 5.69 Å². The number of benzene rings is 2. The fourth-order valence-corrected chi connectivity index (χ4v) is 2.48. The minimum atomic E-state index is -0.447. The van der Waals surface area contributed by atoms with Crippen molar-refractivity contribution in [2.75, 3.05) is 5.32 Å². The van der Waals surface area contributed by atoms with Gasteiger partial charge < -0.3 is 5.32 Å². The van der Waals surface area contributed by atoms with Crippen LogP contribution in [0.2, 0.25) is 5.02 Å². The maximum Gasteiger partial charge on any atom is 0.270 e. The van der Waals surface area contributed by atoms with Gasteiger partial charge in [0.1, 0.15) is 0 Å². The maximum atomic E-state index is 10.8. The number of halogens is 2. The maximum absolute atomic E-state index is 10.8. The molecule has 0 saturated carbocycles. The van der Waals surface area contributed by atoms with E-state index in [2.05, 4.69) is 21.2 Å². The van der Waals surface area contributed by atoms with E-state index in [1.54, 1.807) is 24.3 Å². The molecule has 0 unspecified atom stereocenters. The van der Waals surface area contributed by atoms with Crippen LogP contribution in [0.3, 0.4) is 0 Å². The number of anilines is 1. The molecule has 0 heterocycles. The van der Waals surface area contributed by atoms with Gasteiger partial charge in [-0.1, -0.05) is 27.5 Å². The third-order valence-electron chi connectivity index (χ3n) is 2.73. The van der Waals surface area contributed by atoms with Crippen molar-refractivity contribution in [1.82, 2.24) is 0 Å². The topological polar surface area (TPSA) is 79.0 Å². The molecule has 2 rings (SSSR count). The van der Waals surface area contributed by atoms with Crippen molar-refractivity contribution in [1.29, 1.82) is 5.26 Å². The molecule has 0 fully saturated rings. The Bertz CT molecular complexity index is 743. The average Bonchev–Trinajstić information content (AvgIpc) is 2.46. The molecule has 0 bridgehead atoms. The van der Waals surface area contributed by atoms with Gasteiger partial charge in [-0.3, -0.25) is 10.1 Å². The summed E-state index contributed by atoms with van der Waals surface area (Å²) in [4.78, 5) is 10.4. The smallest absolute Gasteiger partial charge is 0.270 e. The lowest BCUT2D eigenvalue weighted by molar-refractivity contribution is -0.385. The quantitative estimate of drug-likeness (QED) is 0.638. The molecule has 2 aromatic rings. The van der Waals surface area contributed by atoms with E-state index in [1.165, 1.54) is 12.1 Å². The fraction of sp³-hybridized carbons (Fsp3) is 0.0714. The van der Waals surface area contributed by atoms with Gasteiger partial charge in [-0.15, -0.1) is 0 Å². The normalized spacial score (nSPS) is 9.95. The van der Waals surface area contributed by atoms with Crippen molar-refractivity contribution in [2.24, 2.45) is 0 Å². The highest BCUT2D eigenvalue weighted by atomic mass is 79.9. The van der Waals surface area contributed by atoms with Gasteiger partial charge in [-0.05, 0) is 29.8 Å². The number of hydrogen-bond acceptors (Lipinski definition) is 4. The van der Waals surface area contributed by atoms with Crippen LogP contribution in [0.25, 0.3) is 0 Å². The van der Waals surface area contributed by atoms with Crippen LogP contribution in [0.15, 0.2) is 40.9 Å². The number of nitrogens with zero attached hydrogens (tertiary/aromatic N) is 2. The number of nitro benzene ring substituents is 1. The largest absolute Gasteiger partial charge is 0.380 e. The van der Waals surface area contributed by atoms with Gasteiger partial charge in [-0.2, -0.15) is 5.26 Å². The summed E-state index contributed by atoms with van der Waals surface area (Å²) in [6, 6.07) is 11.6. The third kappa shape index (κ3) is 3.94. The minimum absolute atomic E-state index is 0.0121. The molecule has 0 aliphatic rings. The van der Waals surface area contributed by atoms with Crippen molar-refractivity contribution in [2.45, 2.75) is 6.54 Å². The summed E-state index contributed by atoms with van der Waals surface area (Å²) in [6.45, 7) is 0.356. The van der Waals surface area contributed by atoms with E-state index in [0.29, 0.717) is 27.3 Å². The first kappa shape index (κ1) is 15.3. The van der Waals surface area contributed by atoms with Gasteiger partial charge >= 0.3 is 0 Å². The Morgan fingerprint density at radius 1 is 1.33 bits per heavy atom. The highest BCUT2D eigenvalue weighted by Crippen LogP contribution is 2.25. The number of hydrogen-bond donors (Lipinski definition) is 1. The summed E-state index contributed by atoms with van der Waals surface area (Å²) < 4.78 is 0.630. The Morgan fingerprint density at radius 2 is 2.10 bits per heavy atom. The lowest BCUT2D eigenvalue weighted by Gasteiger charge is -2.09. The molecule has 1 N–H and O–H groups in total. The van der Waals surface area contributed by atoms with Gasteiger partial charge in [-0.25, -0.2) is 0 Å². The molecule has 0 aliphatic heterocycles. The monoisotopic (exact) mass is 365 g/mol. The van der Waals surface area contributed by atoms with Crippen molar-refractivity contribution in [3.8, 4) is 6.07 Å². The van der Waals surface area contributed by atoms with Crippen LogP contribution in [-0.4, -0.2) is 4.92 Å². The van der Waals surface area contributed by atoms with Crippen molar-refractivity contribution < 1.29 is 4.92 Å². The standard InChI is InChI=1S/C14H9BrClN3O2/c15-11-3-10(4-12(6-11)19(20)21)8-18-14-5-9(7-17)1-2-13(14)16/h1-6,18H,8H2. The lowest BCUT2D eigenvalue weighted by Crippen LogP contribution is -2.01. The summed E-state index contributed by atoms with van der Waals surface area (Å²) in [5.41, 5.74) is 1.84. The molecule has 21 heavy (non-hydrogen) atoms. The van der Waals surface area contributed by atoms with Crippen LogP contribution < -0.4 is 5.32 Å². The van der Waals surface area contributed by atoms with E-state index in [1.807, 2.05) is 6.07 Å². The first-order valence-corrected chi connectivity index (χ1v) is 7.04.